The largest absolute Gasteiger partial charge is 0.192 e. The quantitative estimate of drug-likeness (QED) is 0.757. The Kier molecular flexibility index (Phi) is 3.06. The van der Waals surface area contributed by atoms with E-state index < -0.39 is 0 Å². The third-order valence-corrected chi connectivity index (χ3v) is 2.96. The minimum absolute atomic E-state index is 0.708. The van der Waals surface area contributed by atoms with Gasteiger partial charge in [-0.05, 0) is 24.3 Å². The van der Waals surface area contributed by atoms with Gasteiger partial charge in [-0.25, -0.2) is 0 Å². The molecule has 0 aliphatic carbocycles. The lowest BCUT2D eigenvalue weighted by Crippen LogP contribution is -1.79. The first-order valence-electron chi connectivity index (χ1n) is 4.54. The molecule has 71 valence electrons. The van der Waals surface area contributed by atoms with Crippen molar-refractivity contribution < 1.29 is 0 Å². The molecule has 0 fully saturated rings. The molecule has 0 aliphatic rings. The molecule has 1 radical (unpaired) electrons. The van der Waals surface area contributed by atoms with Crippen molar-refractivity contribution in [1.82, 2.24) is 0 Å². The molecule has 0 aromatic heterocycles. The summed E-state index contributed by atoms with van der Waals surface area (Å²) in [4.78, 5) is 2.00. The number of rotatable bonds is 2. The first-order chi connectivity index (χ1) is 7.40. The highest BCUT2D eigenvalue weighted by molar-refractivity contribution is 7.99. The van der Waals surface area contributed by atoms with E-state index in [0.29, 0.717) is 5.56 Å². The van der Waals surface area contributed by atoms with Crippen LogP contribution in [0.1, 0.15) is 5.56 Å². The van der Waals surface area contributed by atoms with Gasteiger partial charge in [0.15, 0.2) is 0 Å². The standard InChI is InChI=1S/C13H8NS/c14-10-11-6-4-5-9-13(11)15-12-7-2-1-3-8-12/h1-7,9H. The number of nitriles is 1. The number of nitrogens with zero attached hydrogens (tertiary/aromatic N) is 1. The molecule has 2 heteroatoms. The topological polar surface area (TPSA) is 23.8 Å². The molecule has 0 saturated carbocycles. The van der Waals surface area contributed by atoms with Gasteiger partial charge in [0.1, 0.15) is 6.07 Å². The lowest BCUT2D eigenvalue weighted by molar-refractivity contribution is 1.35. The maximum Gasteiger partial charge on any atom is 0.100 e. The predicted octanol–water partition coefficient (Wildman–Crippen LogP) is 3.51. The average molecular weight is 210 g/mol. The highest BCUT2D eigenvalue weighted by Crippen LogP contribution is 2.29. The van der Waals surface area contributed by atoms with E-state index in [0.717, 1.165) is 9.79 Å². The van der Waals surface area contributed by atoms with Crippen molar-refractivity contribution in [2.75, 3.05) is 0 Å². The van der Waals surface area contributed by atoms with Gasteiger partial charge in [0.2, 0.25) is 0 Å². The normalized spacial score (nSPS) is 9.53. The molecule has 2 rings (SSSR count). The van der Waals surface area contributed by atoms with Gasteiger partial charge >= 0.3 is 0 Å². The van der Waals surface area contributed by atoms with Crippen LogP contribution in [0.2, 0.25) is 0 Å². The Hall–Kier alpha value is -1.72. The summed E-state index contributed by atoms with van der Waals surface area (Å²) in [5.41, 5.74) is 0.708. The van der Waals surface area contributed by atoms with E-state index in [1.807, 2.05) is 48.5 Å². The Morgan fingerprint density at radius 2 is 1.87 bits per heavy atom. The van der Waals surface area contributed by atoms with E-state index in [2.05, 4.69) is 12.1 Å². The molecular formula is C13H8NS. The second-order valence-corrected chi connectivity index (χ2v) is 4.02. The van der Waals surface area contributed by atoms with Crippen LogP contribution in [0.5, 0.6) is 0 Å². The van der Waals surface area contributed by atoms with Crippen molar-refractivity contribution in [2.45, 2.75) is 9.79 Å². The van der Waals surface area contributed by atoms with Crippen LogP contribution in [0.15, 0.2) is 58.3 Å². The SMILES string of the molecule is N#Cc1ccccc1Sc1[c]cccc1. The summed E-state index contributed by atoms with van der Waals surface area (Å²) in [6, 6.07) is 20.6. The minimum Gasteiger partial charge on any atom is -0.192 e. The van der Waals surface area contributed by atoms with Crippen molar-refractivity contribution >= 4 is 11.8 Å². The lowest BCUT2D eigenvalue weighted by atomic mass is 10.2. The zero-order valence-electron chi connectivity index (χ0n) is 7.97. The Morgan fingerprint density at radius 3 is 2.60 bits per heavy atom. The minimum atomic E-state index is 0.708. The van der Waals surface area contributed by atoms with Gasteiger partial charge in [-0.2, -0.15) is 5.26 Å². The first kappa shape index (κ1) is 9.82. The van der Waals surface area contributed by atoms with Gasteiger partial charge in [-0.1, -0.05) is 42.1 Å². The third kappa shape index (κ3) is 2.39. The number of benzene rings is 2. The fourth-order valence-corrected chi connectivity index (χ4v) is 2.09. The van der Waals surface area contributed by atoms with E-state index in [1.54, 1.807) is 11.8 Å². The Balaban J connectivity index is 2.29. The summed E-state index contributed by atoms with van der Waals surface area (Å²) in [5, 5.41) is 8.92. The molecule has 0 unspecified atom stereocenters. The molecule has 0 heterocycles. The molecule has 0 atom stereocenters. The molecule has 0 amide bonds. The fraction of sp³-hybridized carbons (Fsp3) is 0. The molecule has 0 spiro atoms. The summed E-state index contributed by atoms with van der Waals surface area (Å²) in [7, 11) is 0. The fourth-order valence-electron chi connectivity index (χ4n) is 1.21. The zero-order valence-corrected chi connectivity index (χ0v) is 8.79. The van der Waals surface area contributed by atoms with Gasteiger partial charge in [0, 0.05) is 9.79 Å². The van der Waals surface area contributed by atoms with Gasteiger partial charge in [0.05, 0.1) is 5.56 Å². The van der Waals surface area contributed by atoms with Crippen LogP contribution in [-0.4, -0.2) is 0 Å². The molecule has 2 aromatic carbocycles. The lowest BCUT2D eigenvalue weighted by Gasteiger charge is -2.02. The van der Waals surface area contributed by atoms with Gasteiger partial charge in [-0.3, -0.25) is 0 Å². The van der Waals surface area contributed by atoms with Crippen LogP contribution in [0.25, 0.3) is 0 Å². The first-order valence-corrected chi connectivity index (χ1v) is 5.35. The second kappa shape index (κ2) is 4.68. The van der Waals surface area contributed by atoms with Crippen molar-refractivity contribution in [3.05, 3.63) is 60.2 Å². The molecule has 0 aliphatic heterocycles. The van der Waals surface area contributed by atoms with E-state index in [-0.39, 0.29) is 0 Å². The van der Waals surface area contributed by atoms with Crippen LogP contribution >= 0.6 is 11.8 Å². The molecule has 0 bridgehead atoms. The van der Waals surface area contributed by atoms with Crippen LogP contribution < -0.4 is 0 Å². The van der Waals surface area contributed by atoms with E-state index in [1.165, 1.54) is 0 Å². The Bertz CT molecular complexity index is 485. The van der Waals surface area contributed by atoms with E-state index in [4.69, 9.17) is 5.26 Å². The van der Waals surface area contributed by atoms with Gasteiger partial charge < -0.3 is 0 Å². The Morgan fingerprint density at radius 1 is 1.07 bits per heavy atom. The van der Waals surface area contributed by atoms with Crippen molar-refractivity contribution in [1.29, 1.82) is 5.26 Å². The van der Waals surface area contributed by atoms with Crippen LogP contribution in [-0.2, 0) is 0 Å². The second-order valence-electron chi connectivity index (χ2n) is 2.94. The van der Waals surface area contributed by atoms with Gasteiger partial charge in [-0.15, -0.1) is 0 Å². The van der Waals surface area contributed by atoms with E-state index in [9.17, 15) is 0 Å². The van der Waals surface area contributed by atoms with Crippen molar-refractivity contribution in [2.24, 2.45) is 0 Å². The summed E-state index contributed by atoms with van der Waals surface area (Å²) in [5.74, 6) is 0. The number of hydrogen-bond donors (Lipinski definition) is 0. The zero-order chi connectivity index (χ0) is 10.5. The Labute approximate surface area is 93.4 Å². The average Bonchev–Trinajstić information content (AvgIpc) is 2.31. The molecule has 15 heavy (non-hydrogen) atoms. The highest BCUT2D eigenvalue weighted by atomic mass is 32.2. The maximum atomic E-state index is 8.92. The summed E-state index contributed by atoms with van der Waals surface area (Å²) < 4.78 is 0. The molecule has 0 saturated heterocycles. The summed E-state index contributed by atoms with van der Waals surface area (Å²) in [6.07, 6.45) is 0. The van der Waals surface area contributed by atoms with Crippen molar-refractivity contribution in [3.8, 4) is 6.07 Å². The predicted molar refractivity (Wildman–Crippen MR) is 60.6 cm³/mol. The summed E-state index contributed by atoms with van der Waals surface area (Å²) >= 11 is 1.56. The molecule has 2 aromatic rings. The van der Waals surface area contributed by atoms with Crippen LogP contribution in [0.4, 0.5) is 0 Å². The highest BCUT2D eigenvalue weighted by Gasteiger charge is 2.02. The number of hydrogen-bond acceptors (Lipinski definition) is 2. The molecule has 1 nitrogen and oxygen atoms in total. The van der Waals surface area contributed by atoms with Crippen molar-refractivity contribution in [3.63, 3.8) is 0 Å². The smallest absolute Gasteiger partial charge is 0.100 e. The van der Waals surface area contributed by atoms with E-state index >= 15 is 0 Å². The summed E-state index contributed by atoms with van der Waals surface area (Å²) in [6.45, 7) is 0. The maximum absolute atomic E-state index is 8.92. The van der Waals surface area contributed by atoms with Crippen LogP contribution in [0, 0.1) is 17.4 Å². The third-order valence-electron chi connectivity index (χ3n) is 1.91. The monoisotopic (exact) mass is 210 g/mol. The molecular weight excluding hydrogens is 202 g/mol. The van der Waals surface area contributed by atoms with Gasteiger partial charge in [0.25, 0.3) is 0 Å². The van der Waals surface area contributed by atoms with Crippen LogP contribution in [0.3, 0.4) is 0 Å². The molecule has 0 N–H and O–H groups in total.